The molecule has 0 saturated heterocycles. The predicted octanol–water partition coefficient (Wildman–Crippen LogP) is 7.14. The van der Waals surface area contributed by atoms with Crippen LogP contribution in [0.1, 0.15) is 156 Å². The van der Waals surface area contributed by atoms with Crippen LogP contribution < -0.4 is 16.2 Å². The zero-order valence-corrected chi connectivity index (χ0v) is 37.8. The molecule has 16 heteroatoms. The predicted molar refractivity (Wildman–Crippen MR) is 237 cm³/mol. The molecule has 340 valence electrons. The summed E-state index contributed by atoms with van der Waals surface area (Å²) in [6.07, 6.45) is 12.1. The van der Waals surface area contributed by atoms with Crippen molar-refractivity contribution < 1.29 is 44.4 Å². The van der Waals surface area contributed by atoms with E-state index in [0.717, 1.165) is 35.4 Å². The van der Waals surface area contributed by atoms with Crippen LogP contribution in [0.15, 0.2) is 28.4 Å². The van der Waals surface area contributed by atoms with Crippen molar-refractivity contribution in [2.45, 2.75) is 159 Å². The van der Waals surface area contributed by atoms with Gasteiger partial charge in [0.2, 0.25) is 5.91 Å². The first-order chi connectivity index (χ1) is 28.1. The van der Waals surface area contributed by atoms with E-state index >= 15 is 0 Å². The molecule has 0 aliphatic carbocycles. The number of nitrogens with one attached hydrogen (secondary N) is 3. The average Bonchev–Trinajstić information content (AvgIpc) is 3.21. The summed E-state index contributed by atoms with van der Waals surface area (Å²) in [5.74, 6) is -2.09. The second-order valence-electron chi connectivity index (χ2n) is 13.9. The Morgan fingerprint density at radius 3 is 1.85 bits per heavy atom. The average molecular weight is 838 g/mol. The molecule has 2 rings (SSSR count). The van der Waals surface area contributed by atoms with Crippen LogP contribution >= 0.6 is 0 Å². The Kier molecular flexibility index (Phi) is 38.8. The van der Waals surface area contributed by atoms with E-state index in [1.807, 2.05) is 62.6 Å². The second-order valence-corrected chi connectivity index (χ2v) is 13.9. The highest BCUT2D eigenvalue weighted by molar-refractivity contribution is 6.00. The summed E-state index contributed by atoms with van der Waals surface area (Å²) in [6, 6.07) is 5.00. The van der Waals surface area contributed by atoms with Gasteiger partial charge in [-0.05, 0) is 62.9 Å². The normalized spacial score (nSPS) is 12.2. The standard InChI is InChI=1S/C25H39N7O5.C10H22.2C3H6O2.C2H6/c1-4-8-31(16-23(34)35)10-11-32(9-5-2)21(25(36)37)6-7-22(33)26-15-19-12-18(3)13-20(14-19)24-29-27-17-28-30-24;1-4-6-7-8-9-10(3)5-2;2*1-2-3(4)5;1-2/h12-14,17,21H,4-11,15-16H2,1-3H3,(H,26,33)(H,27,28)(H,29,30)(H,34,35)(H,36,37);10H,4-9H2,1-3H3;2*2H2,1H3,(H,4,5);1-2H3. The van der Waals surface area contributed by atoms with Crippen molar-refractivity contribution in [3.8, 4) is 0 Å². The smallest absolute Gasteiger partial charge is 0.320 e. The first-order valence-corrected chi connectivity index (χ1v) is 21.4. The first kappa shape index (κ1) is 58.7. The Morgan fingerprint density at radius 1 is 0.763 bits per heavy atom. The van der Waals surface area contributed by atoms with Gasteiger partial charge in [0.05, 0.1) is 6.54 Å². The van der Waals surface area contributed by atoms with Crippen LogP contribution in [0.4, 0.5) is 0 Å². The minimum atomic E-state index is -0.984. The van der Waals surface area contributed by atoms with Crippen LogP contribution in [0.3, 0.4) is 0 Å². The van der Waals surface area contributed by atoms with Crippen LogP contribution in [0.5, 0.6) is 0 Å². The van der Waals surface area contributed by atoms with Gasteiger partial charge < -0.3 is 25.7 Å². The molecule has 0 spiro atoms. The first-order valence-electron chi connectivity index (χ1n) is 21.4. The van der Waals surface area contributed by atoms with E-state index in [9.17, 15) is 29.1 Å². The Balaban J connectivity index is -0.00000116. The van der Waals surface area contributed by atoms with Crippen LogP contribution in [0, 0.1) is 12.8 Å². The number of amidine groups is 1. The van der Waals surface area contributed by atoms with Crippen molar-refractivity contribution >= 4 is 42.0 Å². The van der Waals surface area contributed by atoms with Gasteiger partial charge >= 0.3 is 23.9 Å². The van der Waals surface area contributed by atoms with Crippen molar-refractivity contribution in [3.05, 3.63) is 34.9 Å². The number of carboxylic acid groups (broad SMARTS) is 4. The molecule has 2 atom stereocenters. The highest BCUT2D eigenvalue weighted by atomic mass is 16.4. The molecule has 16 nitrogen and oxygen atoms in total. The number of nitrogens with zero attached hydrogens (tertiary/aromatic N) is 4. The number of rotatable bonds is 25. The Labute approximate surface area is 354 Å². The van der Waals surface area contributed by atoms with Crippen LogP contribution in [-0.4, -0.2) is 111 Å². The molecule has 0 fully saturated rings. The van der Waals surface area contributed by atoms with E-state index in [0.29, 0.717) is 38.6 Å². The molecule has 1 aromatic carbocycles. The third kappa shape index (κ3) is 34.0. The van der Waals surface area contributed by atoms with E-state index in [1.54, 1.807) is 13.8 Å². The van der Waals surface area contributed by atoms with E-state index in [-0.39, 0.29) is 38.1 Å². The number of aliphatic carboxylic acids is 4. The lowest BCUT2D eigenvalue weighted by Crippen LogP contribution is -2.46. The number of hydrazone groups is 2. The molecule has 2 unspecified atom stereocenters. The lowest BCUT2D eigenvalue weighted by molar-refractivity contribution is -0.144. The van der Waals surface area contributed by atoms with E-state index in [4.69, 9.17) is 15.3 Å². The largest absolute Gasteiger partial charge is 0.481 e. The van der Waals surface area contributed by atoms with Gasteiger partial charge in [-0.25, -0.2) is 0 Å². The fraction of sp³-hybridized carbons (Fsp3) is 0.698. The number of carbonyl (C=O) groups excluding carboxylic acids is 1. The van der Waals surface area contributed by atoms with E-state index in [2.05, 4.69) is 47.1 Å². The summed E-state index contributed by atoms with van der Waals surface area (Å²) < 4.78 is 0. The van der Waals surface area contributed by atoms with E-state index in [1.165, 1.54) is 44.9 Å². The van der Waals surface area contributed by atoms with Crippen molar-refractivity contribution in [3.63, 3.8) is 0 Å². The van der Waals surface area contributed by atoms with Gasteiger partial charge in [-0.2, -0.15) is 10.2 Å². The van der Waals surface area contributed by atoms with Gasteiger partial charge in [0.15, 0.2) is 5.84 Å². The van der Waals surface area contributed by atoms with Gasteiger partial charge in [-0.1, -0.05) is 112 Å². The van der Waals surface area contributed by atoms with Crippen LogP contribution in [-0.2, 0) is 30.5 Å². The van der Waals surface area contributed by atoms with E-state index < -0.39 is 29.9 Å². The second kappa shape index (κ2) is 38.9. The molecule has 1 aliphatic heterocycles. The molecule has 59 heavy (non-hydrogen) atoms. The highest BCUT2D eigenvalue weighted by Crippen LogP contribution is 2.14. The number of hydrogen-bond acceptors (Lipinski definition) is 11. The molecule has 1 heterocycles. The van der Waals surface area contributed by atoms with Gasteiger partial charge in [0.25, 0.3) is 0 Å². The monoisotopic (exact) mass is 838 g/mol. The molecule has 7 N–H and O–H groups in total. The maximum Gasteiger partial charge on any atom is 0.320 e. The highest BCUT2D eigenvalue weighted by Gasteiger charge is 2.26. The number of aryl methyl sites for hydroxylation is 1. The molecule has 0 bridgehead atoms. The van der Waals surface area contributed by atoms with Gasteiger partial charge in [0, 0.05) is 44.5 Å². The number of carbonyl (C=O) groups is 5. The topological polar surface area (TPSA) is 234 Å². The Morgan fingerprint density at radius 2 is 1.37 bits per heavy atom. The van der Waals surface area contributed by atoms with Crippen LogP contribution in [0.25, 0.3) is 0 Å². The summed E-state index contributed by atoms with van der Waals surface area (Å²) in [5, 5.41) is 45.4. The molecule has 0 saturated carbocycles. The lowest BCUT2D eigenvalue weighted by Gasteiger charge is -2.31. The molecular formula is C43H79N7O9. The van der Waals surface area contributed by atoms with Crippen molar-refractivity contribution in [1.29, 1.82) is 0 Å². The zero-order chi connectivity index (χ0) is 45.6. The van der Waals surface area contributed by atoms with Gasteiger partial charge in [0.1, 0.15) is 12.4 Å². The lowest BCUT2D eigenvalue weighted by atomic mass is 10.0. The summed E-state index contributed by atoms with van der Waals surface area (Å²) >= 11 is 0. The summed E-state index contributed by atoms with van der Waals surface area (Å²) in [6.45, 7) is 22.3. The molecule has 1 aliphatic rings. The summed E-state index contributed by atoms with van der Waals surface area (Å²) in [7, 11) is 0. The van der Waals surface area contributed by atoms with Crippen molar-refractivity contribution in [2.24, 2.45) is 16.1 Å². The van der Waals surface area contributed by atoms with Gasteiger partial charge in [-0.3, -0.25) is 44.6 Å². The minimum absolute atomic E-state index is 0.0660. The fourth-order valence-electron chi connectivity index (χ4n) is 5.37. The summed E-state index contributed by atoms with van der Waals surface area (Å²) in [4.78, 5) is 58.2. The van der Waals surface area contributed by atoms with Gasteiger partial charge in [-0.15, -0.1) is 0 Å². The maximum absolute atomic E-state index is 12.6. The SMILES string of the molecule is CC.CCC(=O)O.CCC(=O)O.CCCCCCC(C)CC.CCCN(CCN(CCC)C(CCC(=O)NCc1cc(C)cc(C2=NNC=NN2)c1)C(=O)O)CC(=O)O. The number of benzene rings is 1. The molecule has 0 radical (unpaired) electrons. The number of unbranched alkanes of at least 4 members (excludes halogenated alkanes) is 3. The fourth-order valence-corrected chi connectivity index (χ4v) is 5.37. The molecule has 1 amide bonds. The zero-order valence-electron chi connectivity index (χ0n) is 37.8. The number of hydrogen-bond donors (Lipinski definition) is 7. The number of carboxylic acids is 4. The quantitative estimate of drug-likeness (QED) is 0.0486. The molecule has 1 aromatic rings. The summed E-state index contributed by atoms with van der Waals surface area (Å²) in [5.41, 5.74) is 8.24. The minimum Gasteiger partial charge on any atom is -0.481 e. The Bertz CT molecular complexity index is 1340. The van der Waals surface area contributed by atoms with Crippen LogP contribution in [0.2, 0.25) is 0 Å². The molecule has 0 aromatic heterocycles. The van der Waals surface area contributed by atoms with Crippen molar-refractivity contribution in [1.82, 2.24) is 26.0 Å². The number of amides is 1. The third-order valence-corrected chi connectivity index (χ3v) is 8.71. The third-order valence-electron chi connectivity index (χ3n) is 8.71. The Hall–Kier alpha value is -4.57. The van der Waals surface area contributed by atoms with Crippen molar-refractivity contribution in [2.75, 3.05) is 32.7 Å². The maximum atomic E-state index is 12.6. The molecular weight excluding hydrogens is 759 g/mol.